The molecule has 0 saturated heterocycles. The van der Waals surface area contributed by atoms with Gasteiger partial charge in [-0.1, -0.05) is 12.1 Å². The maximum Gasteiger partial charge on any atom is 0.134 e. The number of nitrogens with two attached hydrogens (primary N) is 1. The summed E-state index contributed by atoms with van der Waals surface area (Å²) in [6, 6.07) is 8.60. The fourth-order valence-corrected chi connectivity index (χ4v) is 2.16. The molecule has 0 unspecified atom stereocenters. The third-order valence-electron chi connectivity index (χ3n) is 3.01. The number of rotatable bonds is 6. The van der Waals surface area contributed by atoms with Crippen molar-refractivity contribution in [3.05, 3.63) is 35.6 Å². The molecule has 3 heteroatoms. The number of benzene rings is 1. The van der Waals surface area contributed by atoms with Gasteiger partial charge in [-0.05, 0) is 51.2 Å². The van der Waals surface area contributed by atoms with Crippen LogP contribution in [0.5, 0.6) is 0 Å². The highest BCUT2D eigenvalue weighted by atomic mass is 16.3. The lowest BCUT2D eigenvalue weighted by Crippen LogP contribution is -2.10. The molecule has 0 fully saturated rings. The van der Waals surface area contributed by atoms with Gasteiger partial charge in [0.2, 0.25) is 0 Å². The molecular weight excluding hydrogens is 224 g/mol. The van der Waals surface area contributed by atoms with Gasteiger partial charge in [-0.25, -0.2) is 0 Å². The summed E-state index contributed by atoms with van der Waals surface area (Å²) < 4.78 is 5.88. The van der Waals surface area contributed by atoms with E-state index in [0.29, 0.717) is 0 Å². The Balaban J connectivity index is 2.12. The van der Waals surface area contributed by atoms with Gasteiger partial charge >= 0.3 is 0 Å². The van der Waals surface area contributed by atoms with Crippen LogP contribution in [-0.4, -0.2) is 25.5 Å². The predicted molar refractivity (Wildman–Crippen MR) is 75.6 cm³/mol. The Bertz CT molecular complexity index is 502. The summed E-state index contributed by atoms with van der Waals surface area (Å²) in [4.78, 5) is 2.16. The fraction of sp³-hybridized carbons (Fsp3) is 0.467. The minimum absolute atomic E-state index is 0.757. The summed E-state index contributed by atoms with van der Waals surface area (Å²) in [5.41, 5.74) is 7.78. The molecule has 18 heavy (non-hydrogen) atoms. The highest BCUT2D eigenvalue weighted by Gasteiger charge is 2.05. The van der Waals surface area contributed by atoms with Crippen LogP contribution in [0, 0.1) is 0 Å². The number of fused-ring (bicyclic) bond motifs is 1. The third-order valence-corrected chi connectivity index (χ3v) is 3.01. The van der Waals surface area contributed by atoms with Crippen LogP contribution >= 0.6 is 0 Å². The van der Waals surface area contributed by atoms with Gasteiger partial charge in [-0.15, -0.1) is 0 Å². The van der Waals surface area contributed by atoms with Gasteiger partial charge < -0.3 is 15.1 Å². The van der Waals surface area contributed by atoms with Crippen LogP contribution in [0.3, 0.4) is 0 Å². The first-order chi connectivity index (χ1) is 8.69. The molecule has 2 aromatic rings. The topological polar surface area (TPSA) is 42.4 Å². The normalized spacial score (nSPS) is 11.6. The number of unbranched alkanes of at least 4 members (excludes halogenated alkanes) is 1. The molecule has 1 aromatic heterocycles. The number of furan rings is 1. The number of nitrogens with zero attached hydrogens (tertiary/aromatic N) is 1. The van der Waals surface area contributed by atoms with Crippen molar-refractivity contribution in [1.29, 1.82) is 0 Å². The summed E-state index contributed by atoms with van der Waals surface area (Å²) >= 11 is 0. The zero-order valence-electron chi connectivity index (χ0n) is 11.3. The van der Waals surface area contributed by atoms with E-state index >= 15 is 0 Å². The molecule has 0 aliphatic carbocycles. The Morgan fingerprint density at radius 3 is 2.72 bits per heavy atom. The largest absolute Gasteiger partial charge is 0.461 e. The molecule has 0 bridgehead atoms. The first kappa shape index (κ1) is 13.1. The van der Waals surface area contributed by atoms with E-state index in [0.717, 1.165) is 43.7 Å². The number of aryl methyl sites for hydroxylation is 1. The van der Waals surface area contributed by atoms with E-state index in [-0.39, 0.29) is 0 Å². The van der Waals surface area contributed by atoms with Crippen molar-refractivity contribution in [1.82, 2.24) is 4.90 Å². The summed E-state index contributed by atoms with van der Waals surface area (Å²) in [6.07, 6.45) is 3.14. The van der Waals surface area contributed by atoms with Gasteiger partial charge in [0.05, 0.1) is 0 Å². The van der Waals surface area contributed by atoms with Crippen molar-refractivity contribution in [2.24, 2.45) is 5.73 Å². The van der Waals surface area contributed by atoms with Gasteiger partial charge in [-0.2, -0.15) is 0 Å². The zero-order chi connectivity index (χ0) is 13.0. The molecule has 1 heterocycles. The SMILES string of the molecule is CN(C)Cc1ccc2cc(CCCCN)oc2c1. The molecule has 0 saturated carbocycles. The lowest BCUT2D eigenvalue weighted by atomic mass is 10.1. The van der Waals surface area contributed by atoms with Gasteiger partial charge in [0.25, 0.3) is 0 Å². The van der Waals surface area contributed by atoms with Gasteiger partial charge in [0.1, 0.15) is 11.3 Å². The monoisotopic (exact) mass is 246 g/mol. The molecule has 2 N–H and O–H groups in total. The standard InChI is InChI=1S/C15H22N2O/c1-17(2)11-12-6-7-13-10-14(5-3-4-8-16)18-15(13)9-12/h6-7,9-10H,3-5,8,11,16H2,1-2H3. The molecule has 0 spiro atoms. The van der Waals surface area contributed by atoms with E-state index in [1.165, 1.54) is 10.9 Å². The lowest BCUT2D eigenvalue weighted by molar-refractivity contribution is 0.402. The second-order valence-corrected chi connectivity index (χ2v) is 5.07. The van der Waals surface area contributed by atoms with E-state index in [1.807, 2.05) is 0 Å². The van der Waals surface area contributed by atoms with Gasteiger partial charge in [-0.3, -0.25) is 0 Å². The van der Waals surface area contributed by atoms with E-state index < -0.39 is 0 Å². The van der Waals surface area contributed by atoms with Crippen molar-refractivity contribution in [2.45, 2.75) is 25.8 Å². The number of hydrogen-bond acceptors (Lipinski definition) is 3. The molecular formula is C15H22N2O. The van der Waals surface area contributed by atoms with Crippen molar-refractivity contribution in [3.8, 4) is 0 Å². The second kappa shape index (κ2) is 6.03. The van der Waals surface area contributed by atoms with Crippen molar-refractivity contribution in [3.63, 3.8) is 0 Å². The highest BCUT2D eigenvalue weighted by molar-refractivity contribution is 5.78. The Labute approximate surface area is 109 Å². The van der Waals surface area contributed by atoms with Crippen LogP contribution in [0.2, 0.25) is 0 Å². The van der Waals surface area contributed by atoms with Crippen LogP contribution in [-0.2, 0) is 13.0 Å². The Kier molecular flexibility index (Phi) is 4.39. The van der Waals surface area contributed by atoms with Crippen molar-refractivity contribution in [2.75, 3.05) is 20.6 Å². The lowest BCUT2D eigenvalue weighted by Gasteiger charge is -2.08. The fourth-order valence-electron chi connectivity index (χ4n) is 2.16. The molecule has 0 aliphatic rings. The number of hydrogen-bond donors (Lipinski definition) is 1. The molecule has 3 nitrogen and oxygen atoms in total. The van der Waals surface area contributed by atoms with E-state index in [1.54, 1.807) is 0 Å². The predicted octanol–water partition coefficient (Wildman–Crippen LogP) is 2.78. The maximum absolute atomic E-state index is 5.88. The zero-order valence-corrected chi connectivity index (χ0v) is 11.3. The van der Waals surface area contributed by atoms with Crippen molar-refractivity contribution >= 4 is 11.0 Å². The minimum Gasteiger partial charge on any atom is -0.461 e. The Morgan fingerprint density at radius 2 is 2.00 bits per heavy atom. The molecule has 0 aliphatic heterocycles. The molecule has 0 atom stereocenters. The summed E-state index contributed by atoms with van der Waals surface area (Å²) in [6.45, 7) is 1.70. The Hall–Kier alpha value is -1.32. The van der Waals surface area contributed by atoms with Crippen LogP contribution in [0.15, 0.2) is 28.7 Å². The molecule has 98 valence electrons. The molecule has 0 amide bonds. The quantitative estimate of drug-likeness (QED) is 0.797. The minimum atomic E-state index is 0.757. The van der Waals surface area contributed by atoms with Crippen molar-refractivity contribution < 1.29 is 4.42 Å². The summed E-state index contributed by atoms with van der Waals surface area (Å²) in [7, 11) is 4.15. The Morgan fingerprint density at radius 1 is 1.17 bits per heavy atom. The third kappa shape index (κ3) is 3.34. The summed E-state index contributed by atoms with van der Waals surface area (Å²) in [5, 5.41) is 1.19. The average Bonchev–Trinajstić information content (AvgIpc) is 2.70. The van der Waals surface area contributed by atoms with Crippen LogP contribution in [0.4, 0.5) is 0 Å². The first-order valence-electron chi connectivity index (χ1n) is 6.55. The van der Waals surface area contributed by atoms with Gasteiger partial charge in [0.15, 0.2) is 0 Å². The molecule has 2 rings (SSSR count). The first-order valence-corrected chi connectivity index (χ1v) is 6.55. The summed E-state index contributed by atoms with van der Waals surface area (Å²) in [5.74, 6) is 1.07. The van der Waals surface area contributed by atoms with Gasteiger partial charge in [0, 0.05) is 18.4 Å². The smallest absolute Gasteiger partial charge is 0.134 e. The van der Waals surface area contributed by atoms with Crippen LogP contribution < -0.4 is 5.73 Å². The second-order valence-electron chi connectivity index (χ2n) is 5.07. The van der Waals surface area contributed by atoms with Crippen LogP contribution in [0.1, 0.15) is 24.2 Å². The van der Waals surface area contributed by atoms with E-state index in [9.17, 15) is 0 Å². The van der Waals surface area contributed by atoms with E-state index in [2.05, 4.69) is 43.3 Å². The highest BCUT2D eigenvalue weighted by Crippen LogP contribution is 2.22. The maximum atomic E-state index is 5.88. The molecule has 1 aromatic carbocycles. The molecule has 0 radical (unpaired) electrons. The van der Waals surface area contributed by atoms with E-state index in [4.69, 9.17) is 10.2 Å². The van der Waals surface area contributed by atoms with Crippen LogP contribution in [0.25, 0.3) is 11.0 Å². The average molecular weight is 246 g/mol.